The molecular formula is C14H32N2S. The minimum absolute atomic E-state index is 0.353. The van der Waals surface area contributed by atoms with Crippen LogP contribution in [0.2, 0.25) is 0 Å². The summed E-state index contributed by atoms with van der Waals surface area (Å²) in [5.74, 6) is 1.64. The summed E-state index contributed by atoms with van der Waals surface area (Å²) < 4.78 is 0. The molecule has 2 nitrogen and oxygen atoms in total. The van der Waals surface area contributed by atoms with Crippen molar-refractivity contribution in [2.24, 2.45) is 11.3 Å². The predicted octanol–water partition coefficient (Wildman–Crippen LogP) is 2.85. The van der Waals surface area contributed by atoms with Crippen molar-refractivity contribution >= 4 is 12.6 Å². The monoisotopic (exact) mass is 260 g/mol. The number of thiol groups is 1. The quantitative estimate of drug-likeness (QED) is 0.671. The van der Waals surface area contributed by atoms with Gasteiger partial charge in [-0.1, -0.05) is 27.7 Å². The molecule has 0 radical (unpaired) electrons. The van der Waals surface area contributed by atoms with Gasteiger partial charge in [-0.3, -0.25) is 0 Å². The number of rotatable bonds is 8. The average Bonchev–Trinajstić information content (AvgIpc) is 2.20. The van der Waals surface area contributed by atoms with Crippen molar-refractivity contribution in [3.05, 3.63) is 0 Å². The van der Waals surface area contributed by atoms with Gasteiger partial charge in [-0.25, -0.2) is 0 Å². The Balaban J connectivity index is 4.30. The van der Waals surface area contributed by atoms with Crippen molar-refractivity contribution in [1.82, 2.24) is 9.80 Å². The number of hydrogen-bond donors (Lipinski definition) is 1. The van der Waals surface area contributed by atoms with Crippen LogP contribution < -0.4 is 0 Å². The van der Waals surface area contributed by atoms with Crippen LogP contribution in [0.3, 0.4) is 0 Å². The molecule has 17 heavy (non-hydrogen) atoms. The number of likely N-dealkylation sites (N-methyl/N-ethyl adjacent to an activating group) is 1. The summed E-state index contributed by atoms with van der Waals surface area (Å²) in [5, 5.41) is 0. The van der Waals surface area contributed by atoms with Crippen LogP contribution in [0.5, 0.6) is 0 Å². The smallest absolute Gasteiger partial charge is 0.0109 e. The highest BCUT2D eigenvalue weighted by Crippen LogP contribution is 2.27. The SMILES string of the molecule is CCCN(CCN(C)C)CC(CS)C(C)(C)C. The van der Waals surface area contributed by atoms with Crippen LogP contribution in [0.15, 0.2) is 0 Å². The average molecular weight is 260 g/mol. The molecular weight excluding hydrogens is 228 g/mol. The zero-order valence-electron chi connectivity index (χ0n) is 12.7. The van der Waals surface area contributed by atoms with Gasteiger partial charge in [0.15, 0.2) is 0 Å². The summed E-state index contributed by atoms with van der Waals surface area (Å²) in [6.07, 6.45) is 1.23. The van der Waals surface area contributed by atoms with Gasteiger partial charge in [0, 0.05) is 19.6 Å². The highest BCUT2D eigenvalue weighted by Gasteiger charge is 2.25. The molecule has 1 unspecified atom stereocenters. The summed E-state index contributed by atoms with van der Waals surface area (Å²) in [5.41, 5.74) is 0.353. The van der Waals surface area contributed by atoms with E-state index < -0.39 is 0 Å². The lowest BCUT2D eigenvalue weighted by atomic mass is 9.81. The van der Waals surface area contributed by atoms with Crippen molar-refractivity contribution in [1.29, 1.82) is 0 Å². The van der Waals surface area contributed by atoms with Gasteiger partial charge in [0.05, 0.1) is 0 Å². The molecule has 0 spiro atoms. The van der Waals surface area contributed by atoms with Crippen LogP contribution in [-0.2, 0) is 0 Å². The third-order valence-corrected chi connectivity index (χ3v) is 3.77. The lowest BCUT2D eigenvalue weighted by Crippen LogP contribution is -2.40. The Morgan fingerprint density at radius 2 is 1.65 bits per heavy atom. The summed E-state index contributed by atoms with van der Waals surface area (Å²) in [6, 6.07) is 0. The normalized spacial score (nSPS) is 14.6. The predicted molar refractivity (Wildman–Crippen MR) is 82.1 cm³/mol. The lowest BCUT2D eigenvalue weighted by Gasteiger charge is -2.35. The molecule has 0 aromatic heterocycles. The van der Waals surface area contributed by atoms with Crippen molar-refractivity contribution < 1.29 is 0 Å². The zero-order valence-corrected chi connectivity index (χ0v) is 13.6. The molecule has 0 heterocycles. The van der Waals surface area contributed by atoms with E-state index in [9.17, 15) is 0 Å². The van der Waals surface area contributed by atoms with Gasteiger partial charge in [-0.05, 0) is 44.1 Å². The Bertz CT molecular complexity index is 187. The first-order valence-corrected chi connectivity index (χ1v) is 7.42. The van der Waals surface area contributed by atoms with Crippen LogP contribution >= 0.6 is 12.6 Å². The fourth-order valence-electron chi connectivity index (χ4n) is 1.87. The largest absolute Gasteiger partial charge is 0.308 e. The van der Waals surface area contributed by atoms with E-state index in [2.05, 4.69) is 64.2 Å². The minimum atomic E-state index is 0.353. The molecule has 0 aliphatic heterocycles. The molecule has 0 rings (SSSR count). The fraction of sp³-hybridized carbons (Fsp3) is 1.00. The third-order valence-electron chi connectivity index (χ3n) is 3.33. The van der Waals surface area contributed by atoms with E-state index in [0.29, 0.717) is 11.3 Å². The Morgan fingerprint density at radius 1 is 1.06 bits per heavy atom. The summed E-state index contributed by atoms with van der Waals surface area (Å²) in [6.45, 7) is 13.9. The van der Waals surface area contributed by atoms with Crippen molar-refractivity contribution in [3.63, 3.8) is 0 Å². The highest BCUT2D eigenvalue weighted by atomic mass is 32.1. The summed E-state index contributed by atoms with van der Waals surface area (Å²) in [4.78, 5) is 4.85. The first-order chi connectivity index (χ1) is 7.81. The standard InChI is InChI=1S/C14H32N2S/c1-7-8-16(10-9-15(5)6)11-13(12-17)14(2,3)4/h13,17H,7-12H2,1-6H3. The molecule has 0 amide bonds. The van der Waals surface area contributed by atoms with E-state index in [1.165, 1.54) is 26.1 Å². The van der Waals surface area contributed by atoms with Gasteiger partial charge >= 0.3 is 0 Å². The van der Waals surface area contributed by atoms with E-state index >= 15 is 0 Å². The first kappa shape index (κ1) is 17.3. The molecule has 0 fully saturated rings. The van der Waals surface area contributed by atoms with Gasteiger partial charge in [-0.2, -0.15) is 12.6 Å². The summed E-state index contributed by atoms with van der Waals surface area (Å²) in [7, 11) is 4.29. The van der Waals surface area contributed by atoms with Crippen molar-refractivity contribution in [2.45, 2.75) is 34.1 Å². The van der Waals surface area contributed by atoms with E-state index in [4.69, 9.17) is 0 Å². The zero-order chi connectivity index (χ0) is 13.5. The van der Waals surface area contributed by atoms with E-state index in [1.54, 1.807) is 0 Å². The maximum absolute atomic E-state index is 4.52. The van der Waals surface area contributed by atoms with Crippen LogP contribution in [-0.4, -0.2) is 55.8 Å². The fourth-order valence-corrected chi connectivity index (χ4v) is 2.53. The van der Waals surface area contributed by atoms with E-state index in [-0.39, 0.29) is 0 Å². The van der Waals surface area contributed by atoms with Crippen molar-refractivity contribution in [3.8, 4) is 0 Å². The molecule has 1 atom stereocenters. The second kappa shape index (κ2) is 8.39. The summed E-state index contributed by atoms with van der Waals surface area (Å²) >= 11 is 4.52. The highest BCUT2D eigenvalue weighted by molar-refractivity contribution is 7.80. The third kappa shape index (κ3) is 8.06. The van der Waals surface area contributed by atoms with Crippen molar-refractivity contribution in [2.75, 3.05) is 46.0 Å². The second-order valence-electron chi connectivity index (χ2n) is 6.35. The second-order valence-corrected chi connectivity index (χ2v) is 6.71. The van der Waals surface area contributed by atoms with Gasteiger partial charge in [-0.15, -0.1) is 0 Å². The van der Waals surface area contributed by atoms with Crippen LogP contribution in [0.1, 0.15) is 34.1 Å². The number of nitrogens with zero attached hydrogens (tertiary/aromatic N) is 2. The van der Waals surface area contributed by atoms with Crippen LogP contribution in [0.25, 0.3) is 0 Å². The molecule has 104 valence electrons. The molecule has 0 saturated heterocycles. The van der Waals surface area contributed by atoms with E-state index in [0.717, 1.165) is 12.3 Å². The molecule has 0 bridgehead atoms. The Labute approximate surface area is 114 Å². The molecule has 0 saturated carbocycles. The molecule has 3 heteroatoms. The Morgan fingerprint density at radius 3 is 2.00 bits per heavy atom. The Kier molecular flexibility index (Phi) is 8.52. The number of hydrogen-bond acceptors (Lipinski definition) is 3. The molecule has 0 aliphatic carbocycles. The van der Waals surface area contributed by atoms with Gasteiger partial charge in [0.25, 0.3) is 0 Å². The molecule has 0 aromatic carbocycles. The maximum atomic E-state index is 4.52. The molecule has 0 N–H and O–H groups in total. The van der Waals surface area contributed by atoms with Gasteiger partial charge < -0.3 is 9.80 Å². The van der Waals surface area contributed by atoms with Gasteiger partial charge in [0.1, 0.15) is 0 Å². The van der Waals surface area contributed by atoms with Crippen LogP contribution in [0, 0.1) is 11.3 Å². The minimum Gasteiger partial charge on any atom is -0.308 e. The maximum Gasteiger partial charge on any atom is 0.0109 e. The lowest BCUT2D eigenvalue weighted by molar-refractivity contribution is 0.155. The first-order valence-electron chi connectivity index (χ1n) is 6.79. The van der Waals surface area contributed by atoms with Crippen LogP contribution in [0.4, 0.5) is 0 Å². The molecule has 0 aliphatic rings. The Hall–Kier alpha value is 0.270. The van der Waals surface area contributed by atoms with Gasteiger partial charge in [0.2, 0.25) is 0 Å². The topological polar surface area (TPSA) is 6.48 Å². The molecule has 0 aromatic rings. The van der Waals surface area contributed by atoms with E-state index in [1.807, 2.05) is 0 Å².